The van der Waals surface area contributed by atoms with E-state index in [-0.39, 0.29) is 24.9 Å². The Morgan fingerprint density at radius 1 is 1.19 bits per heavy atom. The van der Waals surface area contributed by atoms with Gasteiger partial charge in [0, 0.05) is 22.1 Å². The van der Waals surface area contributed by atoms with Crippen molar-refractivity contribution >= 4 is 40.4 Å². The summed E-state index contributed by atoms with van der Waals surface area (Å²) < 4.78 is 0. The molecule has 0 aliphatic rings. The van der Waals surface area contributed by atoms with Gasteiger partial charge in [-0.15, -0.1) is 11.3 Å². The molecule has 1 aromatic heterocycles. The Morgan fingerprint density at radius 3 is 2.65 bits per heavy atom. The second-order valence-electron chi connectivity index (χ2n) is 5.99. The number of thiophene rings is 1. The predicted molar refractivity (Wildman–Crippen MR) is 108 cm³/mol. The zero-order valence-electron chi connectivity index (χ0n) is 15.0. The number of likely N-dealkylation sites (N-methyl/N-ethyl adjacent to an activating group) is 1. The molecule has 2 rings (SSSR count). The van der Waals surface area contributed by atoms with E-state index in [2.05, 4.69) is 16.7 Å². The number of benzene rings is 1. The first-order chi connectivity index (χ1) is 12.5. The molecule has 7 heteroatoms. The Morgan fingerprint density at radius 2 is 1.96 bits per heavy atom. The van der Waals surface area contributed by atoms with Crippen molar-refractivity contribution in [3.63, 3.8) is 0 Å². The molecule has 0 saturated heterocycles. The lowest BCUT2D eigenvalue weighted by molar-refractivity contribution is -0.123. The maximum Gasteiger partial charge on any atom is 0.238 e. The molecule has 0 fully saturated rings. The Balaban J connectivity index is 1.77. The van der Waals surface area contributed by atoms with Crippen molar-refractivity contribution in [3.8, 4) is 0 Å². The van der Waals surface area contributed by atoms with E-state index in [1.54, 1.807) is 28.4 Å². The largest absolute Gasteiger partial charge is 0.355 e. The number of carbonyl (C=O) groups excluding carboxylic acids is 2. The molecule has 0 radical (unpaired) electrons. The summed E-state index contributed by atoms with van der Waals surface area (Å²) in [7, 11) is 0. The molecular formula is C19H24ClN3O2S. The Labute approximate surface area is 163 Å². The molecular weight excluding hydrogens is 370 g/mol. The van der Waals surface area contributed by atoms with E-state index in [0.29, 0.717) is 23.8 Å². The number of amides is 2. The first kappa shape index (κ1) is 20.4. The van der Waals surface area contributed by atoms with Crippen molar-refractivity contribution in [2.75, 3.05) is 31.5 Å². The molecule has 26 heavy (non-hydrogen) atoms. The van der Waals surface area contributed by atoms with Crippen LogP contribution >= 0.6 is 22.9 Å². The number of aryl methyl sites for hydroxylation is 1. The number of nitrogens with zero attached hydrogens (tertiary/aromatic N) is 1. The quantitative estimate of drug-likeness (QED) is 0.686. The topological polar surface area (TPSA) is 61.4 Å². The molecule has 0 aliphatic carbocycles. The van der Waals surface area contributed by atoms with Crippen LogP contribution in [-0.4, -0.2) is 42.9 Å². The molecule has 0 atom stereocenters. The van der Waals surface area contributed by atoms with E-state index in [1.807, 2.05) is 31.4 Å². The molecule has 2 N–H and O–H groups in total. The molecule has 1 heterocycles. The molecule has 2 aromatic rings. The normalized spacial score (nSPS) is 10.8. The van der Waals surface area contributed by atoms with E-state index < -0.39 is 0 Å². The van der Waals surface area contributed by atoms with Gasteiger partial charge in [0.15, 0.2) is 0 Å². The third-order valence-electron chi connectivity index (χ3n) is 3.93. The van der Waals surface area contributed by atoms with E-state index in [4.69, 9.17) is 11.6 Å². The van der Waals surface area contributed by atoms with Crippen LogP contribution < -0.4 is 10.6 Å². The van der Waals surface area contributed by atoms with E-state index in [9.17, 15) is 9.59 Å². The zero-order chi connectivity index (χ0) is 18.9. The molecule has 0 spiro atoms. The van der Waals surface area contributed by atoms with Gasteiger partial charge >= 0.3 is 0 Å². The highest BCUT2D eigenvalue weighted by molar-refractivity contribution is 7.09. The van der Waals surface area contributed by atoms with E-state index in [1.165, 1.54) is 4.88 Å². The average molecular weight is 394 g/mol. The summed E-state index contributed by atoms with van der Waals surface area (Å²) in [5, 5.41) is 8.35. The number of hydrogen-bond acceptors (Lipinski definition) is 4. The maximum atomic E-state index is 12.3. The lowest BCUT2D eigenvalue weighted by Gasteiger charge is -2.19. The molecule has 0 aliphatic heterocycles. The highest BCUT2D eigenvalue weighted by atomic mass is 35.5. The smallest absolute Gasteiger partial charge is 0.238 e. The van der Waals surface area contributed by atoms with Crippen LogP contribution in [0.25, 0.3) is 0 Å². The van der Waals surface area contributed by atoms with Gasteiger partial charge in [0.1, 0.15) is 0 Å². The van der Waals surface area contributed by atoms with Gasteiger partial charge in [0.05, 0.1) is 13.1 Å². The van der Waals surface area contributed by atoms with Crippen LogP contribution in [0.5, 0.6) is 0 Å². The highest BCUT2D eigenvalue weighted by Crippen LogP contribution is 2.20. The Kier molecular flexibility index (Phi) is 8.09. The van der Waals surface area contributed by atoms with Gasteiger partial charge in [-0.05, 0) is 49.0 Å². The summed E-state index contributed by atoms with van der Waals surface area (Å²) in [6.07, 6.45) is 0.823. The van der Waals surface area contributed by atoms with Crippen LogP contribution in [0.1, 0.15) is 17.4 Å². The van der Waals surface area contributed by atoms with Crippen LogP contribution in [0.3, 0.4) is 0 Å². The SMILES string of the molecule is CCN(CC(=O)NCCc1cccs1)CC(=O)Nc1cc(Cl)ccc1C. The van der Waals surface area contributed by atoms with E-state index in [0.717, 1.165) is 12.0 Å². The Bertz CT molecular complexity index is 734. The summed E-state index contributed by atoms with van der Waals surface area (Å²) in [6, 6.07) is 9.42. The first-order valence-corrected chi connectivity index (χ1v) is 9.81. The Hall–Kier alpha value is -1.89. The fourth-order valence-corrected chi connectivity index (χ4v) is 3.32. The number of rotatable bonds is 9. The number of anilines is 1. The van der Waals surface area contributed by atoms with Crippen molar-refractivity contribution in [3.05, 3.63) is 51.2 Å². The maximum absolute atomic E-state index is 12.3. The fraction of sp³-hybridized carbons (Fsp3) is 0.368. The lowest BCUT2D eigenvalue weighted by atomic mass is 10.2. The highest BCUT2D eigenvalue weighted by Gasteiger charge is 2.14. The standard InChI is InChI=1S/C19H24ClN3O2S/c1-3-23(12-18(24)21-9-8-16-5-4-10-26-16)13-19(25)22-17-11-15(20)7-6-14(17)2/h4-7,10-11H,3,8-9,12-13H2,1-2H3,(H,21,24)(H,22,25). The van der Waals surface area contributed by atoms with Gasteiger partial charge in [-0.2, -0.15) is 0 Å². The minimum atomic E-state index is -0.163. The minimum Gasteiger partial charge on any atom is -0.355 e. The summed E-state index contributed by atoms with van der Waals surface area (Å²) in [5.41, 5.74) is 1.64. The summed E-state index contributed by atoms with van der Waals surface area (Å²) >= 11 is 7.65. The molecule has 5 nitrogen and oxygen atoms in total. The fourth-order valence-electron chi connectivity index (χ4n) is 2.44. The van der Waals surface area contributed by atoms with Crippen LogP contribution in [0.4, 0.5) is 5.69 Å². The molecule has 0 bridgehead atoms. The zero-order valence-corrected chi connectivity index (χ0v) is 16.6. The third kappa shape index (κ3) is 6.78. The summed E-state index contributed by atoms with van der Waals surface area (Å²) in [5.74, 6) is -0.237. The third-order valence-corrected chi connectivity index (χ3v) is 5.10. The van der Waals surface area contributed by atoms with Crippen LogP contribution in [-0.2, 0) is 16.0 Å². The van der Waals surface area contributed by atoms with Crippen molar-refractivity contribution < 1.29 is 9.59 Å². The van der Waals surface area contributed by atoms with Gasteiger partial charge in [0.25, 0.3) is 0 Å². The van der Waals surface area contributed by atoms with Gasteiger partial charge in [-0.25, -0.2) is 0 Å². The van der Waals surface area contributed by atoms with Crippen molar-refractivity contribution in [1.82, 2.24) is 10.2 Å². The number of nitrogens with one attached hydrogen (secondary N) is 2. The monoisotopic (exact) mass is 393 g/mol. The molecule has 2 amide bonds. The number of halogens is 1. The van der Waals surface area contributed by atoms with Gasteiger partial charge in [-0.3, -0.25) is 14.5 Å². The first-order valence-electron chi connectivity index (χ1n) is 8.55. The van der Waals surface area contributed by atoms with Gasteiger partial charge in [0.2, 0.25) is 11.8 Å². The average Bonchev–Trinajstić information content (AvgIpc) is 3.11. The van der Waals surface area contributed by atoms with Crippen molar-refractivity contribution in [1.29, 1.82) is 0 Å². The van der Waals surface area contributed by atoms with Gasteiger partial charge < -0.3 is 10.6 Å². The van der Waals surface area contributed by atoms with Gasteiger partial charge in [-0.1, -0.05) is 30.7 Å². The van der Waals surface area contributed by atoms with E-state index >= 15 is 0 Å². The lowest BCUT2D eigenvalue weighted by Crippen LogP contribution is -2.41. The summed E-state index contributed by atoms with van der Waals surface area (Å²) in [4.78, 5) is 27.4. The minimum absolute atomic E-state index is 0.0739. The second kappa shape index (κ2) is 10.3. The predicted octanol–water partition coefficient (Wildman–Crippen LogP) is 3.33. The molecule has 0 saturated carbocycles. The molecule has 1 aromatic carbocycles. The summed E-state index contributed by atoms with van der Waals surface area (Å²) in [6.45, 7) is 5.40. The van der Waals surface area contributed by atoms with Crippen molar-refractivity contribution in [2.45, 2.75) is 20.3 Å². The molecule has 0 unspecified atom stereocenters. The van der Waals surface area contributed by atoms with Crippen LogP contribution in [0.15, 0.2) is 35.7 Å². The van der Waals surface area contributed by atoms with Crippen molar-refractivity contribution in [2.24, 2.45) is 0 Å². The number of hydrogen-bond donors (Lipinski definition) is 2. The van der Waals surface area contributed by atoms with Crippen LogP contribution in [0.2, 0.25) is 5.02 Å². The number of carbonyl (C=O) groups is 2. The molecule has 140 valence electrons. The second-order valence-corrected chi connectivity index (χ2v) is 7.46. The van der Waals surface area contributed by atoms with Crippen LogP contribution in [0, 0.1) is 6.92 Å².